The number of carbonyl (C=O) groups is 1. The van der Waals surface area contributed by atoms with Gasteiger partial charge in [0.15, 0.2) is 5.78 Å². The highest BCUT2D eigenvalue weighted by Crippen LogP contribution is 2.29. The van der Waals surface area contributed by atoms with Crippen molar-refractivity contribution in [2.75, 3.05) is 0 Å². The molecule has 0 saturated heterocycles. The summed E-state index contributed by atoms with van der Waals surface area (Å²) in [5.74, 6) is 0.365. The lowest BCUT2D eigenvalue weighted by Crippen LogP contribution is -2.14. The molecule has 0 amide bonds. The van der Waals surface area contributed by atoms with Crippen LogP contribution in [0.5, 0.6) is 0 Å². The second-order valence-electron chi connectivity index (χ2n) is 4.75. The van der Waals surface area contributed by atoms with Crippen LogP contribution in [-0.2, 0) is 12.8 Å². The Morgan fingerprint density at radius 2 is 1.67 bits per heavy atom. The predicted octanol–water partition coefficient (Wildman–Crippen LogP) is 4.05. The topological polar surface area (TPSA) is 17.1 Å². The predicted molar refractivity (Wildman–Crippen MR) is 75.8 cm³/mol. The number of fused-ring (bicyclic) bond motifs is 1. The van der Waals surface area contributed by atoms with Gasteiger partial charge in [0.1, 0.15) is 0 Å². The van der Waals surface area contributed by atoms with E-state index in [1.54, 1.807) is 0 Å². The Kier molecular flexibility index (Phi) is 3.04. The average molecular weight is 301 g/mol. The smallest absolute Gasteiger partial charge is 0.166 e. The van der Waals surface area contributed by atoms with Crippen LogP contribution in [0.1, 0.15) is 21.5 Å². The monoisotopic (exact) mass is 300 g/mol. The molecule has 0 aliphatic heterocycles. The van der Waals surface area contributed by atoms with Gasteiger partial charge >= 0.3 is 0 Å². The van der Waals surface area contributed by atoms with Gasteiger partial charge in [0.05, 0.1) is 0 Å². The Morgan fingerprint density at radius 1 is 1.00 bits per heavy atom. The molecule has 0 aromatic heterocycles. The summed E-state index contributed by atoms with van der Waals surface area (Å²) in [6.45, 7) is 0. The SMILES string of the molecule is O=C(c1cccc(Br)c1)C1Cc2ccccc2C1. The number of hydrogen-bond donors (Lipinski definition) is 0. The lowest BCUT2D eigenvalue weighted by molar-refractivity contribution is 0.0924. The van der Waals surface area contributed by atoms with E-state index in [2.05, 4.69) is 28.1 Å². The summed E-state index contributed by atoms with van der Waals surface area (Å²) >= 11 is 3.42. The highest BCUT2D eigenvalue weighted by Gasteiger charge is 2.27. The Labute approximate surface area is 115 Å². The first-order valence-electron chi connectivity index (χ1n) is 6.10. The minimum Gasteiger partial charge on any atom is -0.294 e. The van der Waals surface area contributed by atoms with E-state index in [0.717, 1.165) is 22.9 Å². The van der Waals surface area contributed by atoms with Crippen LogP contribution in [-0.4, -0.2) is 5.78 Å². The Bertz CT molecular complexity index is 579. The zero-order valence-electron chi connectivity index (χ0n) is 9.90. The van der Waals surface area contributed by atoms with Crippen LogP contribution in [0.25, 0.3) is 0 Å². The molecule has 90 valence electrons. The van der Waals surface area contributed by atoms with Gasteiger partial charge in [-0.1, -0.05) is 52.3 Å². The number of halogens is 1. The zero-order chi connectivity index (χ0) is 12.5. The summed E-state index contributed by atoms with van der Waals surface area (Å²) in [7, 11) is 0. The maximum Gasteiger partial charge on any atom is 0.166 e. The average Bonchev–Trinajstić information content (AvgIpc) is 2.81. The Morgan fingerprint density at radius 3 is 2.28 bits per heavy atom. The number of Topliss-reactive ketones (excluding diaryl/α,β-unsaturated/α-hetero) is 1. The number of hydrogen-bond acceptors (Lipinski definition) is 1. The molecule has 3 rings (SSSR count). The maximum absolute atomic E-state index is 12.4. The van der Waals surface area contributed by atoms with Crippen molar-refractivity contribution in [3.8, 4) is 0 Å². The molecule has 18 heavy (non-hydrogen) atoms. The second kappa shape index (κ2) is 4.69. The molecule has 1 aliphatic rings. The molecular weight excluding hydrogens is 288 g/mol. The molecular formula is C16H13BrO. The first-order valence-corrected chi connectivity index (χ1v) is 6.90. The summed E-state index contributed by atoms with van der Waals surface area (Å²) in [5, 5.41) is 0. The maximum atomic E-state index is 12.4. The van der Waals surface area contributed by atoms with Gasteiger partial charge in [-0.15, -0.1) is 0 Å². The highest BCUT2D eigenvalue weighted by molar-refractivity contribution is 9.10. The van der Waals surface area contributed by atoms with Gasteiger partial charge in [-0.2, -0.15) is 0 Å². The standard InChI is InChI=1S/C16H13BrO/c17-15-7-3-6-13(10-15)16(18)14-8-11-4-1-2-5-12(11)9-14/h1-7,10,14H,8-9H2. The summed E-state index contributed by atoms with van der Waals surface area (Å²) < 4.78 is 0.962. The van der Waals surface area contributed by atoms with Crippen molar-refractivity contribution >= 4 is 21.7 Å². The van der Waals surface area contributed by atoms with E-state index in [0.29, 0.717) is 0 Å². The molecule has 0 bridgehead atoms. The molecule has 2 heteroatoms. The fourth-order valence-electron chi connectivity index (χ4n) is 2.62. The van der Waals surface area contributed by atoms with Crippen molar-refractivity contribution in [3.05, 3.63) is 69.7 Å². The molecule has 0 radical (unpaired) electrons. The van der Waals surface area contributed by atoms with E-state index in [1.165, 1.54) is 11.1 Å². The summed E-state index contributed by atoms with van der Waals surface area (Å²) in [6.07, 6.45) is 1.75. The molecule has 2 aromatic carbocycles. The molecule has 0 saturated carbocycles. The van der Waals surface area contributed by atoms with Crippen molar-refractivity contribution < 1.29 is 4.79 Å². The molecule has 0 heterocycles. The molecule has 0 unspecified atom stereocenters. The molecule has 0 atom stereocenters. The van der Waals surface area contributed by atoms with Crippen molar-refractivity contribution in [2.24, 2.45) is 5.92 Å². The van der Waals surface area contributed by atoms with Crippen LogP contribution in [0, 0.1) is 5.92 Å². The molecule has 0 fully saturated rings. The third-order valence-electron chi connectivity index (χ3n) is 3.53. The van der Waals surface area contributed by atoms with Crippen molar-refractivity contribution in [3.63, 3.8) is 0 Å². The van der Waals surface area contributed by atoms with Gasteiger partial charge in [-0.25, -0.2) is 0 Å². The quantitative estimate of drug-likeness (QED) is 0.765. The molecule has 0 spiro atoms. The van der Waals surface area contributed by atoms with E-state index in [4.69, 9.17) is 0 Å². The van der Waals surface area contributed by atoms with Crippen LogP contribution < -0.4 is 0 Å². The van der Waals surface area contributed by atoms with Crippen LogP contribution in [0.3, 0.4) is 0 Å². The zero-order valence-corrected chi connectivity index (χ0v) is 11.5. The number of rotatable bonds is 2. The third-order valence-corrected chi connectivity index (χ3v) is 4.02. The molecule has 0 N–H and O–H groups in total. The van der Waals surface area contributed by atoms with Gasteiger partial charge < -0.3 is 0 Å². The summed E-state index contributed by atoms with van der Waals surface area (Å²) in [5.41, 5.74) is 3.46. The van der Waals surface area contributed by atoms with Crippen molar-refractivity contribution in [2.45, 2.75) is 12.8 Å². The second-order valence-corrected chi connectivity index (χ2v) is 5.66. The number of ketones is 1. The molecule has 1 nitrogen and oxygen atoms in total. The number of carbonyl (C=O) groups excluding carboxylic acids is 1. The van der Waals surface area contributed by atoms with Crippen LogP contribution in [0.2, 0.25) is 0 Å². The van der Waals surface area contributed by atoms with E-state index in [1.807, 2.05) is 36.4 Å². The van der Waals surface area contributed by atoms with E-state index >= 15 is 0 Å². The first kappa shape index (κ1) is 11.7. The fraction of sp³-hybridized carbons (Fsp3) is 0.188. The number of benzene rings is 2. The first-order chi connectivity index (χ1) is 8.74. The minimum atomic E-state index is 0.108. The lowest BCUT2D eigenvalue weighted by atomic mass is 9.95. The minimum absolute atomic E-state index is 0.108. The van der Waals surface area contributed by atoms with Gasteiger partial charge in [0, 0.05) is 16.0 Å². The normalized spacial score (nSPS) is 14.5. The van der Waals surface area contributed by atoms with Crippen LogP contribution in [0.15, 0.2) is 53.0 Å². The van der Waals surface area contributed by atoms with E-state index in [-0.39, 0.29) is 11.7 Å². The lowest BCUT2D eigenvalue weighted by Gasteiger charge is -2.08. The van der Waals surface area contributed by atoms with Gasteiger partial charge in [-0.3, -0.25) is 4.79 Å². The van der Waals surface area contributed by atoms with E-state index in [9.17, 15) is 4.79 Å². The third kappa shape index (κ3) is 2.13. The summed E-state index contributed by atoms with van der Waals surface area (Å²) in [4.78, 5) is 12.4. The van der Waals surface area contributed by atoms with Crippen molar-refractivity contribution in [1.82, 2.24) is 0 Å². The van der Waals surface area contributed by atoms with E-state index < -0.39 is 0 Å². The Balaban J connectivity index is 1.84. The summed E-state index contributed by atoms with van der Waals surface area (Å²) in [6, 6.07) is 16.0. The van der Waals surface area contributed by atoms with Crippen LogP contribution >= 0.6 is 15.9 Å². The van der Waals surface area contributed by atoms with Gasteiger partial charge in [0.2, 0.25) is 0 Å². The fourth-order valence-corrected chi connectivity index (χ4v) is 3.02. The largest absolute Gasteiger partial charge is 0.294 e. The molecule has 2 aromatic rings. The van der Waals surface area contributed by atoms with Crippen LogP contribution in [0.4, 0.5) is 0 Å². The Hall–Kier alpha value is -1.41. The van der Waals surface area contributed by atoms with Crippen molar-refractivity contribution in [1.29, 1.82) is 0 Å². The molecule has 1 aliphatic carbocycles. The van der Waals surface area contributed by atoms with Gasteiger partial charge in [-0.05, 0) is 36.1 Å². The highest BCUT2D eigenvalue weighted by atomic mass is 79.9. The van der Waals surface area contributed by atoms with Gasteiger partial charge in [0.25, 0.3) is 0 Å².